The highest BCUT2D eigenvalue weighted by atomic mass is 16.6. The van der Waals surface area contributed by atoms with Crippen molar-refractivity contribution in [2.75, 3.05) is 14.2 Å². The van der Waals surface area contributed by atoms with E-state index >= 15 is 0 Å². The van der Waals surface area contributed by atoms with Crippen LogP contribution in [0.4, 0.5) is 0 Å². The Kier molecular flexibility index (Phi) is 5.56. The molecule has 0 spiro atoms. The molecule has 0 fully saturated rings. The maximum atomic E-state index is 10.8. The molecule has 1 aromatic rings. The van der Waals surface area contributed by atoms with Crippen LogP contribution in [0.5, 0.6) is 0 Å². The van der Waals surface area contributed by atoms with Crippen molar-refractivity contribution in [1.82, 2.24) is 0 Å². The molecule has 4 atom stereocenters. The highest BCUT2D eigenvalue weighted by Crippen LogP contribution is 2.30. The molecule has 140 valence electrons. The summed E-state index contributed by atoms with van der Waals surface area (Å²) in [7, 11) is 3.09. The van der Waals surface area contributed by atoms with Gasteiger partial charge < -0.3 is 19.4 Å². The zero-order chi connectivity index (χ0) is 18.7. The molecular formula is C19H25N3O4. The Morgan fingerprint density at radius 3 is 2.27 bits per heavy atom. The number of oxime groups is 1. The summed E-state index contributed by atoms with van der Waals surface area (Å²) >= 11 is 0. The molecule has 3 rings (SSSR count). The van der Waals surface area contributed by atoms with Crippen molar-refractivity contribution in [3.8, 4) is 0 Å². The van der Waals surface area contributed by atoms with Crippen LogP contribution < -0.4 is 0 Å². The third-order valence-electron chi connectivity index (χ3n) is 4.59. The summed E-state index contributed by atoms with van der Waals surface area (Å²) in [5, 5.41) is 14.9. The highest BCUT2D eigenvalue weighted by Gasteiger charge is 2.39. The van der Waals surface area contributed by atoms with E-state index < -0.39 is 12.1 Å². The Bertz CT molecular complexity index is 715. The van der Waals surface area contributed by atoms with E-state index in [9.17, 15) is 5.11 Å². The average molecular weight is 359 g/mol. The van der Waals surface area contributed by atoms with Gasteiger partial charge in [-0.1, -0.05) is 49.3 Å². The van der Waals surface area contributed by atoms with Crippen molar-refractivity contribution in [3.63, 3.8) is 0 Å². The fraction of sp³-hybridized carbons (Fsp3) is 0.526. The summed E-state index contributed by atoms with van der Waals surface area (Å²) in [4.78, 5) is 14.6. The molecular weight excluding hydrogens is 334 g/mol. The van der Waals surface area contributed by atoms with Crippen LogP contribution in [-0.4, -0.2) is 55.0 Å². The van der Waals surface area contributed by atoms with Crippen LogP contribution in [0.2, 0.25) is 0 Å². The second-order valence-corrected chi connectivity index (χ2v) is 6.71. The van der Waals surface area contributed by atoms with E-state index in [0.29, 0.717) is 23.9 Å². The molecule has 0 aliphatic carbocycles. The summed E-state index contributed by atoms with van der Waals surface area (Å²) in [6.07, 6.45) is -0.702. The molecule has 0 bridgehead atoms. The lowest BCUT2D eigenvalue weighted by Crippen LogP contribution is -2.45. The average Bonchev–Trinajstić information content (AvgIpc) is 3.17. The minimum atomic E-state index is -0.985. The SMILES string of the molecule is COC1=N[C@H](C(C)C)C(OC)=N[C@H]1[C@H](O)C1=NO[C@@H](c2ccccc2)C1. The number of nitrogens with zero attached hydrogens (tertiary/aromatic N) is 3. The molecule has 2 heterocycles. The molecule has 7 nitrogen and oxygen atoms in total. The maximum Gasteiger partial charge on any atom is 0.212 e. The van der Waals surface area contributed by atoms with Crippen LogP contribution >= 0.6 is 0 Å². The first-order valence-corrected chi connectivity index (χ1v) is 8.74. The third-order valence-corrected chi connectivity index (χ3v) is 4.59. The first kappa shape index (κ1) is 18.4. The molecule has 7 heteroatoms. The Morgan fingerprint density at radius 1 is 1.04 bits per heavy atom. The number of ether oxygens (including phenoxy) is 2. The summed E-state index contributed by atoms with van der Waals surface area (Å²) in [6, 6.07) is 8.89. The lowest BCUT2D eigenvalue weighted by atomic mass is 9.96. The van der Waals surface area contributed by atoms with Crippen molar-refractivity contribution < 1.29 is 19.4 Å². The topological polar surface area (TPSA) is 85.0 Å². The van der Waals surface area contributed by atoms with Crippen molar-refractivity contribution in [2.45, 2.75) is 44.6 Å². The zero-order valence-corrected chi connectivity index (χ0v) is 15.5. The quantitative estimate of drug-likeness (QED) is 0.894. The molecule has 0 radical (unpaired) electrons. The third kappa shape index (κ3) is 3.58. The second kappa shape index (κ2) is 7.86. The standard InChI is InChI=1S/C19H25N3O4/c1-11(2)15-18(24-3)21-16(19(20-15)25-4)17(23)13-10-14(26-22-13)12-8-6-5-7-9-12/h5-9,11,14-17,23H,10H2,1-4H3/t14-,15-,16+,17-/m1/s1. The lowest BCUT2D eigenvalue weighted by molar-refractivity contribution is 0.0855. The van der Waals surface area contributed by atoms with Gasteiger partial charge >= 0.3 is 0 Å². The van der Waals surface area contributed by atoms with Gasteiger partial charge in [0.2, 0.25) is 11.8 Å². The van der Waals surface area contributed by atoms with Crippen molar-refractivity contribution in [1.29, 1.82) is 0 Å². The van der Waals surface area contributed by atoms with Crippen molar-refractivity contribution in [2.24, 2.45) is 21.1 Å². The van der Waals surface area contributed by atoms with Gasteiger partial charge in [-0.05, 0) is 11.5 Å². The number of hydrogen-bond acceptors (Lipinski definition) is 7. The van der Waals surface area contributed by atoms with E-state index in [4.69, 9.17) is 14.3 Å². The van der Waals surface area contributed by atoms with E-state index in [0.717, 1.165) is 5.56 Å². The summed E-state index contributed by atoms with van der Waals surface area (Å²) in [5.74, 6) is 1.07. The molecule has 2 aliphatic heterocycles. The Hall–Kier alpha value is -2.41. The molecule has 0 amide bonds. The molecule has 0 saturated heterocycles. The van der Waals surface area contributed by atoms with E-state index in [1.165, 1.54) is 7.11 Å². The first-order valence-electron chi connectivity index (χ1n) is 8.74. The fourth-order valence-corrected chi connectivity index (χ4v) is 3.12. The zero-order valence-electron chi connectivity index (χ0n) is 15.5. The van der Waals surface area contributed by atoms with Gasteiger partial charge in [0.15, 0.2) is 12.1 Å². The Morgan fingerprint density at radius 2 is 1.65 bits per heavy atom. The van der Waals surface area contributed by atoms with Crippen LogP contribution in [-0.2, 0) is 14.3 Å². The minimum Gasteiger partial charge on any atom is -0.483 e. The number of aliphatic imine (C=N–C) groups is 2. The van der Waals surface area contributed by atoms with Gasteiger partial charge in [-0.3, -0.25) is 0 Å². The van der Waals surface area contributed by atoms with Crippen molar-refractivity contribution in [3.05, 3.63) is 35.9 Å². The van der Waals surface area contributed by atoms with Crippen LogP contribution in [0.3, 0.4) is 0 Å². The number of benzene rings is 1. The van der Waals surface area contributed by atoms with Crippen LogP contribution in [0, 0.1) is 5.92 Å². The molecule has 2 aliphatic rings. The van der Waals surface area contributed by atoms with Gasteiger partial charge in [-0.2, -0.15) is 0 Å². The van der Waals surface area contributed by atoms with E-state index in [1.807, 2.05) is 44.2 Å². The molecule has 0 unspecified atom stereocenters. The van der Waals surface area contributed by atoms with E-state index in [1.54, 1.807) is 7.11 Å². The van der Waals surface area contributed by atoms with Gasteiger partial charge in [0, 0.05) is 6.42 Å². The molecule has 26 heavy (non-hydrogen) atoms. The number of aliphatic hydroxyl groups excluding tert-OH is 1. The Labute approximate surface area is 153 Å². The Balaban J connectivity index is 1.77. The monoisotopic (exact) mass is 359 g/mol. The molecule has 1 aromatic carbocycles. The van der Waals surface area contributed by atoms with Gasteiger partial charge in [0.25, 0.3) is 0 Å². The molecule has 1 N–H and O–H groups in total. The smallest absolute Gasteiger partial charge is 0.212 e. The first-order chi connectivity index (χ1) is 12.5. The predicted molar refractivity (Wildman–Crippen MR) is 99.6 cm³/mol. The highest BCUT2D eigenvalue weighted by molar-refractivity contribution is 6.00. The summed E-state index contributed by atoms with van der Waals surface area (Å²) < 4.78 is 10.8. The molecule has 0 saturated carbocycles. The van der Waals surface area contributed by atoms with Gasteiger partial charge in [0.05, 0.1) is 19.9 Å². The van der Waals surface area contributed by atoms with Crippen LogP contribution in [0.25, 0.3) is 0 Å². The van der Waals surface area contributed by atoms with Crippen LogP contribution in [0.1, 0.15) is 31.9 Å². The number of hydrogen-bond donors (Lipinski definition) is 1. The number of methoxy groups -OCH3 is 2. The summed E-state index contributed by atoms with van der Waals surface area (Å²) in [6.45, 7) is 4.07. The van der Waals surface area contributed by atoms with Crippen molar-refractivity contribution >= 4 is 17.5 Å². The largest absolute Gasteiger partial charge is 0.483 e. The number of aliphatic hydroxyl groups is 1. The van der Waals surface area contributed by atoms with Gasteiger partial charge in [-0.25, -0.2) is 9.98 Å². The lowest BCUT2D eigenvalue weighted by Gasteiger charge is -2.29. The van der Waals surface area contributed by atoms with E-state index in [-0.39, 0.29) is 18.1 Å². The fourth-order valence-electron chi connectivity index (χ4n) is 3.12. The maximum absolute atomic E-state index is 10.8. The van der Waals surface area contributed by atoms with Gasteiger partial charge in [-0.15, -0.1) is 0 Å². The second-order valence-electron chi connectivity index (χ2n) is 6.71. The predicted octanol–water partition coefficient (Wildman–Crippen LogP) is 2.36. The summed E-state index contributed by atoms with van der Waals surface area (Å²) in [5.41, 5.74) is 1.54. The number of rotatable bonds is 4. The van der Waals surface area contributed by atoms with E-state index in [2.05, 4.69) is 15.1 Å². The van der Waals surface area contributed by atoms with Gasteiger partial charge in [0.1, 0.15) is 12.1 Å². The minimum absolute atomic E-state index is 0.201. The van der Waals surface area contributed by atoms with Crippen LogP contribution in [0.15, 0.2) is 45.5 Å². The molecule has 0 aromatic heterocycles. The normalized spacial score (nSPS) is 26.5.